The van der Waals surface area contributed by atoms with Crippen molar-refractivity contribution in [1.29, 1.82) is 0 Å². The van der Waals surface area contributed by atoms with Crippen molar-refractivity contribution in [2.45, 2.75) is 20.8 Å². The van der Waals surface area contributed by atoms with Crippen LogP contribution in [0.5, 0.6) is 5.75 Å². The van der Waals surface area contributed by atoms with Crippen molar-refractivity contribution in [2.75, 3.05) is 13.7 Å². The van der Waals surface area contributed by atoms with E-state index in [-0.39, 0.29) is 5.91 Å². The van der Waals surface area contributed by atoms with Gasteiger partial charge in [-0.2, -0.15) is 0 Å². The Hall–Kier alpha value is -2.75. The first-order valence-electron chi connectivity index (χ1n) is 8.44. The second-order valence-electron chi connectivity index (χ2n) is 6.61. The molecular weight excluding hydrogens is 314 g/mol. The molecule has 4 nitrogen and oxygen atoms in total. The number of carbonyl (C=O) groups is 1. The molecule has 0 spiro atoms. The molecule has 0 saturated carbocycles. The summed E-state index contributed by atoms with van der Waals surface area (Å²) in [4.78, 5) is 12.5. The van der Waals surface area contributed by atoms with Crippen molar-refractivity contribution < 1.29 is 13.9 Å². The second-order valence-corrected chi connectivity index (χ2v) is 6.61. The zero-order valence-electron chi connectivity index (χ0n) is 15.1. The highest BCUT2D eigenvalue weighted by Crippen LogP contribution is 2.34. The van der Waals surface area contributed by atoms with E-state index >= 15 is 0 Å². The number of rotatable bonds is 5. The van der Waals surface area contributed by atoms with Crippen molar-refractivity contribution in [2.24, 2.45) is 5.92 Å². The summed E-state index contributed by atoms with van der Waals surface area (Å²) in [7, 11) is 1.66. The number of furan rings is 1. The first-order valence-corrected chi connectivity index (χ1v) is 8.44. The van der Waals surface area contributed by atoms with Crippen LogP contribution in [0, 0.1) is 12.8 Å². The summed E-state index contributed by atoms with van der Waals surface area (Å²) >= 11 is 0. The fourth-order valence-electron chi connectivity index (χ4n) is 2.93. The minimum absolute atomic E-state index is 0.105. The van der Waals surface area contributed by atoms with Gasteiger partial charge in [0.2, 0.25) is 0 Å². The fourth-order valence-corrected chi connectivity index (χ4v) is 2.93. The number of benzene rings is 2. The average molecular weight is 337 g/mol. The lowest BCUT2D eigenvalue weighted by Gasteiger charge is -2.12. The van der Waals surface area contributed by atoms with Crippen molar-refractivity contribution in [1.82, 2.24) is 5.32 Å². The maximum absolute atomic E-state index is 12.5. The molecule has 1 amide bonds. The van der Waals surface area contributed by atoms with Gasteiger partial charge in [-0.1, -0.05) is 26.0 Å². The molecule has 0 atom stereocenters. The number of methoxy groups -OCH3 is 1. The summed E-state index contributed by atoms with van der Waals surface area (Å²) in [6.07, 6.45) is 1.63. The summed E-state index contributed by atoms with van der Waals surface area (Å²) in [5, 5.41) is 3.89. The molecule has 0 unspecified atom stereocenters. The maximum atomic E-state index is 12.5. The number of aryl methyl sites for hydroxylation is 1. The van der Waals surface area contributed by atoms with Gasteiger partial charge in [-0.15, -0.1) is 0 Å². The average Bonchev–Trinajstić information content (AvgIpc) is 3.08. The predicted molar refractivity (Wildman–Crippen MR) is 100 cm³/mol. The van der Waals surface area contributed by atoms with Crippen LogP contribution in [0.15, 0.2) is 47.1 Å². The first kappa shape index (κ1) is 17.1. The smallest absolute Gasteiger partial charge is 0.255 e. The van der Waals surface area contributed by atoms with E-state index in [1.807, 2.05) is 43.3 Å². The van der Waals surface area contributed by atoms with Gasteiger partial charge in [0.15, 0.2) is 0 Å². The van der Waals surface area contributed by atoms with Crippen LogP contribution in [0.4, 0.5) is 0 Å². The summed E-state index contributed by atoms with van der Waals surface area (Å²) in [5.74, 6) is 1.12. The van der Waals surface area contributed by atoms with Crippen molar-refractivity contribution in [3.8, 4) is 16.9 Å². The molecular formula is C21H23NO3. The number of carbonyl (C=O) groups excluding carboxylic acids is 1. The zero-order chi connectivity index (χ0) is 18.0. The number of hydrogen-bond acceptors (Lipinski definition) is 3. The highest BCUT2D eigenvalue weighted by atomic mass is 16.5. The Morgan fingerprint density at radius 1 is 1.16 bits per heavy atom. The van der Waals surface area contributed by atoms with Gasteiger partial charge >= 0.3 is 0 Å². The molecule has 3 aromatic rings. The molecule has 0 radical (unpaired) electrons. The van der Waals surface area contributed by atoms with E-state index in [4.69, 9.17) is 9.15 Å². The lowest BCUT2D eigenvalue weighted by atomic mass is 9.95. The molecule has 0 fully saturated rings. The van der Waals surface area contributed by atoms with Gasteiger partial charge in [-0.3, -0.25) is 4.79 Å². The number of ether oxygens (including phenoxy) is 1. The van der Waals surface area contributed by atoms with Gasteiger partial charge in [0, 0.05) is 11.9 Å². The Morgan fingerprint density at radius 2 is 1.92 bits per heavy atom. The third-order valence-electron chi connectivity index (χ3n) is 4.26. The SMILES string of the molecule is COc1ccc(-c2ccc(C(=O)NCC(C)C)c3occc23)c(C)c1. The van der Waals surface area contributed by atoms with Crippen molar-refractivity contribution in [3.63, 3.8) is 0 Å². The fraction of sp³-hybridized carbons (Fsp3) is 0.286. The van der Waals surface area contributed by atoms with Gasteiger partial charge in [0.25, 0.3) is 5.91 Å². The standard InChI is InChI=1S/C21H23NO3/c1-13(2)12-22-21(23)19-8-7-17(18-9-10-25-20(18)19)16-6-5-15(24-4)11-14(16)3/h5-11,13H,12H2,1-4H3,(H,22,23). The van der Waals surface area contributed by atoms with E-state index in [0.29, 0.717) is 23.6 Å². The molecule has 130 valence electrons. The van der Waals surface area contributed by atoms with Crippen LogP contribution >= 0.6 is 0 Å². The van der Waals surface area contributed by atoms with Gasteiger partial charge < -0.3 is 14.5 Å². The molecule has 0 saturated heterocycles. The Bertz CT molecular complexity index is 909. The van der Waals surface area contributed by atoms with Crippen molar-refractivity contribution >= 4 is 16.9 Å². The topological polar surface area (TPSA) is 51.5 Å². The second kappa shape index (κ2) is 7.01. The van der Waals surface area contributed by atoms with Crippen LogP contribution in [0.1, 0.15) is 29.8 Å². The summed E-state index contributed by atoms with van der Waals surface area (Å²) < 4.78 is 10.9. The van der Waals surface area contributed by atoms with Gasteiger partial charge in [-0.25, -0.2) is 0 Å². The highest BCUT2D eigenvalue weighted by molar-refractivity contribution is 6.09. The number of amides is 1. The maximum Gasteiger partial charge on any atom is 0.255 e. The van der Waals surface area contributed by atoms with E-state index < -0.39 is 0 Å². The minimum Gasteiger partial charge on any atom is -0.497 e. The third kappa shape index (κ3) is 3.38. The lowest BCUT2D eigenvalue weighted by Crippen LogP contribution is -2.27. The van der Waals surface area contributed by atoms with Crippen molar-refractivity contribution in [3.05, 3.63) is 53.8 Å². The lowest BCUT2D eigenvalue weighted by molar-refractivity contribution is 0.0949. The molecule has 1 aromatic heterocycles. The Labute approximate surface area is 147 Å². The van der Waals surface area contributed by atoms with E-state index in [2.05, 4.69) is 19.2 Å². The van der Waals surface area contributed by atoms with E-state index in [1.165, 1.54) is 0 Å². The quantitative estimate of drug-likeness (QED) is 0.727. The molecule has 0 aliphatic rings. The van der Waals surface area contributed by atoms with Crippen LogP contribution in [-0.2, 0) is 0 Å². The van der Waals surface area contributed by atoms with Crippen LogP contribution in [0.2, 0.25) is 0 Å². The molecule has 2 aromatic carbocycles. The van der Waals surface area contributed by atoms with Crippen LogP contribution in [0.3, 0.4) is 0 Å². The molecule has 3 rings (SSSR count). The molecule has 0 aliphatic heterocycles. The highest BCUT2D eigenvalue weighted by Gasteiger charge is 2.17. The Morgan fingerprint density at radius 3 is 2.60 bits per heavy atom. The van der Waals surface area contributed by atoms with Gasteiger partial charge in [0.1, 0.15) is 11.3 Å². The molecule has 1 N–H and O–H groups in total. The van der Waals surface area contributed by atoms with Crippen LogP contribution < -0.4 is 10.1 Å². The van der Waals surface area contributed by atoms with E-state index in [9.17, 15) is 4.79 Å². The molecule has 1 heterocycles. The number of fused-ring (bicyclic) bond motifs is 1. The summed E-state index contributed by atoms with van der Waals surface area (Å²) in [6, 6.07) is 11.7. The van der Waals surface area contributed by atoms with Crippen LogP contribution in [-0.4, -0.2) is 19.6 Å². The molecule has 4 heteroatoms. The largest absolute Gasteiger partial charge is 0.497 e. The first-order chi connectivity index (χ1) is 12.0. The van der Waals surface area contributed by atoms with E-state index in [0.717, 1.165) is 27.8 Å². The molecule has 25 heavy (non-hydrogen) atoms. The summed E-state index contributed by atoms with van der Waals surface area (Å²) in [5.41, 5.74) is 4.44. The zero-order valence-corrected chi connectivity index (χ0v) is 15.1. The normalized spacial score (nSPS) is 11.1. The van der Waals surface area contributed by atoms with E-state index in [1.54, 1.807) is 13.4 Å². The number of nitrogens with one attached hydrogen (secondary N) is 1. The van der Waals surface area contributed by atoms with Crippen LogP contribution in [0.25, 0.3) is 22.1 Å². The summed E-state index contributed by atoms with van der Waals surface area (Å²) in [6.45, 7) is 6.82. The third-order valence-corrected chi connectivity index (χ3v) is 4.26. The number of hydrogen-bond donors (Lipinski definition) is 1. The van der Waals surface area contributed by atoms with Gasteiger partial charge in [0.05, 0.1) is 18.9 Å². The van der Waals surface area contributed by atoms with Gasteiger partial charge in [-0.05, 0) is 53.8 Å². The monoisotopic (exact) mass is 337 g/mol. The minimum atomic E-state index is -0.105. The predicted octanol–water partition coefficient (Wildman–Crippen LogP) is 4.80. The Balaban J connectivity index is 2.04. The molecule has 0 bridgehead atoms. The Kier molecular flexibility index (Phi) is 4.79. The molecule has 0 aliphatic carbocycles.